The van der Waals surface area contributed by atoms with Gasteiger partial charge in [0.25, 0.3) is 0 Å². The SMILES string of the molecule is CCCCC(CC)CCC(=O)OCCCCCCC(CCCCCCOC(=O)CCC(CC)CCCC)OC(=O)CCCn1ccnc1. The summed E-state index contributed by atoms with van der Waals surface area (Å²) in [6.07, 6.45) is 28.5. The molecule has 1 heterocycles. The van der Waals surface area contributed by atoms with E-state index in [1.807, 2.05) is 10.8 Å². The molecule has 0 bridgehead atoms. The number of imidazole rings is 1. The Balaban J connectivity index is 2.28. The van der Waals surface area contributed by atoms with Crippen LogP contribution in [0.5, 0.6) is 0 Å². The molecule has 0 fully saturated rings. The lowest BCUT2D eigenvalue weighted by Crippen LogP contribution is -2.19. The molecule has 278 valence electrons. The summed E-state index contributed by atoms with van der Waals surface area (Å²) in [5.74, 6) is 1.00. The lowest BCUT2D eigenvalue weighted by atomic mass is 9.94. The molecule has 48 heavy (non-hydrogen) atoms. The van der Waals surface area contributed by atoms with Crippen molar-refractivity contribution in [3.8, 4) is 0 Å². The first kappa shape index (κ1) is 43.6. The third-order valence-corrected chi connectivity index (χ3v) is 9.62. The molecule has 0 radical (unpaired) electrons. The highest BCUT2D eigenvalue weighted by molar-refractivity contribution is 5.70. The van der Waals surface area contributed by atoms with E-state index in [1.165, 1.54) is 38.5 Å². The Morgan fingerprint density at radius 1 is 0.583 bits per heavy atom. The van der Waals surface area contributed by atoms with Gasteiger partial charge in [0, 0.05) is 38.2 Å². The summed E-state index contributed by atoms with van der Waals surface area (Å²) < 4.78 is 18.9. The third-order valence-electron chi connectivity index (χ3n) is 9.62. The van der Waals surface area contributed by atoms with Crippen LogP contribution in [-0.2, 0) is 35.1 Å². The van der Waals surface area contributed by atoms with E-state index < -0.39 is 0 Å². The zero-order valence-electron chi connectivity index (χ0n) is 31.4. The number of ether oxygens (including phenoxy) is 3. The normalized spacial score (nSPS) is 13.2. The Morgan fingerprint density at radius 2 is 1.10 bits per heavy atom. The molecule has 2 unspecified atom stereocenters. The first-order chi connectivity index (χ1) is 23.4. The number of hydrogen-bond acceptors (Lipinski definition) is 7. The van der Waals surface area contributed by atoms with Crippen LogP contribution in [0.25, 0.3) is 0 Å². The topological polar surface area (TPSA) is 96.7 Å². The van der Waals surface area contributed by atoms with Crippen molar-refractivity contribution in [2.24, 2.45) is 11.8 Å². The number of hydrogen-bond donors (Lipinski definition) is 0. The van der Waals surface area contributed by atoms with Gasteiger partial charge in [0.05, 0.1) is 19.5 Å². The lowest BCUT2D eigenvalue weighted by molar-refractivity contribution is -0.150. The van der Waals surface area contributed by atoms with Crippen LogP contribution in [0.1, 0.15) is 182 Å². The van der Waals surface area contributed by atoms with Crippen molar-refractivity contribution < 1.29 is 28.6 Å². The van der Waals surface area contributed by atoms with Crippen LogP contribution in [0.4, 0.5) is 0 Å². The maximum Gasteiger partial charge on any atom is 0.306 e. The van der Waals surface area contributed by atoms with Crippen molar-refractivity contribution in [1.82, 2.24) is 9.55 Å². The average Bonchev–Trinajstić information content (AvgIpc) is 3.61. The van der Waals surface area contributed by atoms with Crippen LogP contribution in [0.2, 0.25) is 0 Å². The van der Waals surface area contributed by atoms with Crippen LogP contribution in [0.3, 0.4) is 0 Å². The van der Waals surface area contributed by atoms with Gasteiger partial charge in [-0.25, -0.2) is 4.98 Å². The van der Waals surface area contributed by atoms with Crippen LogP contribution in [-0.4, -0.2) is 46.8 Å². The Morgan fingerprint density at radius 3 is 1.56 bits per heavy atom. The van der Waals surface area contributed by atoms with Crippen molar-refractivity contribution in [2.45, 2.75) is 194 Å². The highest BCUT2D eigenvalue weighted by Gasteiger charge is 2.15. The van der Waals surface area contributed by atoms with Gasteiger partial charge in [-0.05, 0) is 69.6 Å². The summed E-state index contributed by atoms with van der Waals surface area (Å²) in [5.41, 5.74) is 0. The number of aromatic nitrogens is 2. The molecule has 1 rings (SSSR count). The van der Waals surface area contributed by atoms with Crippen LogP contribution < -0.4 is 0 Å². The second-order valence-electron chi connectivity index (χ2n) is 13.8. The second-order valence-corrected chi connectivity index (χ2v) is 13.8. The smallest absolute Gasteiger partial charge is 0.306 e. The number of carbonyl (C=O) groups is 3. The summed E-state index contributed by atoms with van der Waals surface area (Å²) in [6.45, 7) is 10.6. The fourth-order valence-electron chi connectivity index (χ4n) is 6.24. The molecular weight excluding hydrogens is 604 g/mol. The molecule has 0 aromatic carbocycles. The quantitative estimate of drug-likeness (QED) is 0.0415. The Kier molecular flexibility index (Phi) is 27.9. The summed E-state index contributed by atoms with van der Waals surface area (Å²) in [4.78, 5) is 41.0. The van der Waals surface area contributed by atoms with Crippen molar-refractivity contribution in [2.75, 3.05) is 13.2 Å². The van der Waals surface area contributed by atoms with Crippen molar-refractivity contribution in [3.63, 3.8) is 0 Å². The van der Waals surface area contributed by atoms with E-state index in [-0.39, 0.29) is 24.0 Å². The molecule has 1 aromatic heterocycles. The van der Waals surface area contributed by atoms with Crippen molar-refractivity contribution in [1.29, 1.82) is 0 Å². The molecule has 0 amide bonds. The van der Waals surface area contributed by atoms with Crippen LogP contribution in [0, 0.1) is 11.8 Å². The van der Waals surface area contributed by atoms with Gasteiger partial charge in [-0.1, -0.05) is 105 Å². The molecule has 0 aliphatic rings. The number of nitrogens with zero attached hydrogens (tertiary/aromatic N) is 2. The number of rotatable bonds is 33. The van der Waals surface area contributed by atoms with Gasteiger partial charge < -0.3 is 18.8 Å². The van der Waals surface area contributed by atoms with Gasteiger partial charge in [0.1, 0.15) is 6.10 Å². The van der Waals surface area contributed by atoms with E-state index in [9.17, 15) is 14.4 Å². The molecule has 0 aliphatic heterocycles. The van der Waals surface area contributed by atoms with Gasteiger partial charge in [0.15, 0.2) is 0 Å². The zero-order chi connectivity index (χ0) is 35.1. The highest BCUT2D eigenvalue weighted by Crippen LogP contribution is 2.21. The number of carbonyl (C=O) groups excluding carboxylic acids is 3. The Bertz CT molecular complexity index is 860. The summed E-state index contributed by atoms with van der Waals surface area (Å²) >= 11 is 0. The molecular formula is C40H72N2O6. The Hall–Kier alpha value is -2.38. The molecule has 8 nitrogen and oxygen atoms in total. The molecule has 0 saturated carbocycles. The minimum atomic E-state index is -0.126. The Labute approximate surface area is 293 Å². The predicted octanol–water partition coefficient (Wildman–Crippen LogP) is 10.6. The standard InChI is InChI=1S/C40H72N2O6/c1-5-9-20-35(7-3)25-27-38(43)46-32-17-13-11-15-22-37(48-40(45)24-19-30-42-31-29-41-34-42)23-16-12-14-18-33-47-39(44)28-26-36(8-4)21-10-6-2/h29,31,34-37H,5-28,30,32-33H2,1-4H3. The van der Waals surface area contributed by atoms with E-state index in [1.54, 1.807) is 12.5 Å². The van der Waals surface area contributed by atoms with E-state index in [0.29, 0.717) is 44.3 Å². The summed E-state index contributed by atoms with van der Waals surface area (Å²) in [5, 5.41) is 0. The fourth-order valence-corrected chi connectivity index (χ4v) is 6.24. The third kappa shape index (κ3) is 24.7. The fraction of sp³-hybridized carbons (Fsp3) is 0.850. The monoisotopic (exact) mass is 677 g/mol. The zero-order valence-corrected chi connectivity index (χ0v) is 31.4. The lowest BCUT2D eigenvalue weighted by Gasteiger charge is -2.18. The van der Waals surface area contributed by atoms with E-state index in [0.717, 1.165) is 103 Å². The molecule has 2 atom stereocenters. The van der Waals surface area contributed by atoms with Gasteiger partial charge in [0.2, 0.25) is 0 Å². The minimum Gasteiger partial charge on any atom is -0.466 e. The first-order valence-corrected chi connectivity index (χ1v) is 19.9. The molecule has 0 aliphatic carbocycles. The van der Waals surface area contributed by atoms with Crippen LogP contribution >= 0.6 is 0 Å². The van der Waals surface area contributed by atoms with Gasteiger partial charge in [-0.3, -0.25) is 14.4 Å². The molecule has 1 aromatic rings. The van der Waals surface area contributed by atoms with Crippen LogP contribution in [0.15, 0.2) is 18.7 Å². The number of esters is 3. The van der Waals surface area contributed by atoms with Gasteiger partial charge >= 0.3 is 17.9 Å². The molecule has 0 saturated heterocycles. The van der Waals surface area contributed by atoms with E-state index in [4.69, 9.17) is 14.2 Å². The maximum atomic E-state index is 12.6. The largest absolute Gasteiger partial charge is 0.466 e. The molecule has 8 heteroatoms. The summed E-state index contributed by atoms with van der Waals surface area (Å²) in [7, 11) is 0. The maximum absolute atomic E-state index is 12.6. The second kappa shape index (κ2) is 30.7. The van der Waals surface area contributed by atoms with E-state index in [2.05, 4.69) is 32.7 Å². The summed E-state index contributed by atoms with van der Waals surface area (Å²) in [6, 6.07) is 0. The van der Waals surface area contributed by atoms with Gasteiger partial charge in [-0.15, -0.1) is 0 Å². The number of unbranched alkanes of at least 4 members (excludes halogenated alkanes) is 8. The average molecular weight is 677 g/mol. The van der Waals surface area contributed by atoms with Crippen molar-refractivity contribution >= 4 is 17.9 Å². The predicted molar refractivity (Wildman–Crippen MR) is 195 cm³/mol. The number of aryl methyl sites for hydroxylation is 1. The van der Waals surface area contributed by atoms with Gasteiger partial charge in [-0.2, -0.15) is 0 Å². The molecule has 0 spiro atoms. The van der Waals surface area contributed by atoms with Crippen molar-refractivity contribution in [3.05, 3.63) is 18.7 Å². The molecule has 0 N–H and O–H groups in total. The van der Waals surface area contributed by atoms with E-state index >= 15 is 0 Å². The minimum absolute atomic E-state index is 0.0638. The first-order valence-electron chi connectivity index (χ1n) is 19.9. The highest BCUT2D eigenvalue weighted by atomic mass is 16.5.